The van der Waals surface area contributed by atoms with Crippen LogP contribution in [0.25, 0.3) is 11.1 Å². The van der Waals surface area contributed by atoms with Crippen molar-refractivity contribution in [3.05, 3.63) is 76.2 Å². The van der Waals surface area contributed by atoms with Crippen molar-refractivity contribution in [2.45, 2.75) is 13.5 Å². The molecule has 0 bridgehead atoms. The molecule has 0 saturated carbocycles. The van der Waals surface area contributed by atoms with Gasteiger partial charge in [0.2, 0.25) is 0 Å². The minimum absolute atomic E-state index is 0. The van der Waals surface area contributed by atoms with Crippen LogP contribution in [0.5, 0.6) is 0 Å². The average molecular weight is 414 g/mol. The maximum absolute atomic E-state index is 12.8. The fourth-order valence-corrected chi connectivity index (χ4v) is 4.21. The summed E-state index contributed by atoms with van der Waals surface area (Å²) in [5.74, 6) is 0.124. The number of aryl methyl sites for hydroxylation is 1. The van der Waals surface area contributed by atoms with Gasteiger partial charge >= 0.3 is 0 Å². The molecule has 0 aliphatic carbocycles. The number of thiazole rings is 1. The number of amides is 1. The summed E-state index contributed by atoms with van der Waals surface area (Å²) in [6.07, 6.45) is 0. The van der Waals surface area contributed by atoms with Crippen LogP contribution >= 0.6 is 23.7 Å². The van der Waals surface area contributed by atoms with Crippen LogP contribution in [0.15, 0.2) is 60.0 Å². The Morgan fingerprint density at radius 3 is 2.21 bits per heavy atom. The van der Waals surface area contributed by atoms with Gasteiger partial charge in [-0.25, -0.2) is 4.98 Å². The first kappa shape index (κ1) is 20.5. The number of benzene rings is 2. The number of hydrogen-bond donors (Lipinski definition) is 0. The van der Waals surface area contributed by atoms with Gasteiger partial charge in [-0.3, -0.25) is 9.69 Å². The third-order valence-electron chi connectivity index (χ3n) is 4.92. The number of rotatable bonds is 4. The lowest BCUT2D eigenvalue weighted by Crippen LogP contribution is -2.48. The number of carbonyl (C=O) groups excluding carboxylic acids is 1. The number of halogens is 1. The Kier molecular flexibility index (Phi) is 6.83. The van der Waals surface area contributed by atoms with Crippen molar-refractivity contribution in [1.82, 2.24) is 14.8 Å². The predicted molar refractivity (Wildman–Crippen MR) is 117 cm³/mol. The predicted octanol–water partition coefficient (Wildman–Crippen LogP) is 4.50. The first-order valence-electron chi connectivity index (χ1n) is 9.27. The Morgan fingerprint density at radius 1 is 0.964 bits per heavy atom. The second-order valence-electron chi connectivity index (χ2n) is 6.89. The van der Waals surface area contributed by atoms with Crippen molar-refractivity contribution in [1.29, 1.82) is 0 Å². The van der Waals surface area contributed by atoms with Crippen molar-refractivity contribution in [3.63, 3.8) is 0 Å². The minimum Gasteiger partial charge on any atom is -0.336 e. The molecule has 28 heavy (non-hydrogen) atoms. The fraction of sp³-hybridized carbons (Fsp3) is 0.273. The van der Waals surface area contributed by atoms with E-state index in [2.05, 4.69) is 27.4 Å². The molecule has 146 valence electrons. The summed E-state index contributed by atoms with van der Waals surface area (Å²) in [6.45, 7) is 6.23. The fourth-order valence-electron chi connectivity index (χ4n) is 3.39. The lowest BCUT2D eigenvalue weighted by atomic mass is 10.0. The van der Waals surface area contributed by atoms with Crippen molar-refractivity contribution >= 4 is 29.7 Å². The third-order valence-corrected chi connectivity index (χ3v) is 5.88. The van der Waals surface area contributed by atoms with Gasteiger partial charge in [-0.2, -0.15) is 0 Å². The average Bonchev–Trinajstić information content (AvgIpc) is 3.13. The standard InChI is InChI=1S/C22H23N3OS.ClH/c1-17-16-27-21(23-17)15-24-11-13-25(14-12-24)22(26)20-9-7-19(8-10-20)18-5-3-2-4-6-18;/h2-10,16H,11-15H2,1H3;1H. The van der Waals surface area contributed by atoms with Crippen molar-refractivity contribution in [2.24, 2.45) is 0 Å². The lowest BCUT2D eigenvalue weighted by molar-refractivity contribution is 0.0628. The quantitative estimate of drug-likeness (QED) is 0.631. The molecule has 0 N–H and O–H groups in total. The first-order chi connectivity index (χ1) is 13.2. The van der Waals surface area contributed by atoms with E-state index in [0.717, 1.165) is 54.6 Å². The van der Waals surface area contributed by atoms with Crippen LogP contribution in [0.1, 0.15) is 21.1 Å². The molecule has 3 aromatic rings. The van der Waals surface area contributed by atoms with Crippen LogP contribution < -0.4 is 0 Å². The molecule has 1 aromatic heterocycles. The summed E-state index contributed by atoms with van der Waals surface area (Å²) in [6, 6.07) is 18.2. The van der Waals surface area contributed by atoms with Crippen LogP contribution in [0, 0.1) is 6.92 Å². The molecule has 1 amide bonds. The number of hydrogen-bond acceptors (Lipinski definition) is 4. The van der Waals surface area contributed by atoms with Gasteiger partial charge in [0.05, 0.1) is 6.54 Å². The summed E-state index contributed by atoms with van der Waals surface area (Å²) in [4.78, 5) is 21.7. The van der Waals surface area contributed by atoms with E-state index >= 15 is 0 Å². The molecule has 0 radical (unpaired) electrons. The monoisotopic (exact) mass is 413 g/mol. The molecule has 2 aromatic carbocycles. The molecule has 0 unspecified atom stereocenters. The molecule has 4 rings (SSSR count). The molecule has 0 atom stereocenters. The normalized spacial score (nSPS) is 14.5. The van der Waals surface area contributed by atoms with Gasteiger partial charge in [-0.15, -0.1) is 23.7 Å². The SMILES string of the molecule is Cc1csc(CN2CCN(C(=O)c3ccc(-c4ccccc4)cc3)CC2)n1.Cl. The molecule has 1 fully saturated rings. The van der Waals surface area contributed by atoms with E-state index in [1.807, 2.05) is 54.3 Å². The smallest absolute Gasteiger partial charge is 0.253 e. The zero-order valence-corrected chi connectivity index (χ0v) is 17.5. The molecule has 2 heterocycles. The molecule has 1 saturated heterocycles. The van der Waals surface area contributed by atoms with Crippen molar-refractivity contribution in [2.75, 3.05) is 26.2 Å². The van der Waals surface area contributed by atoms with Crippen LogP contribution in [0.4, 0.5) is 0 Å². The number of aromatic nitrogens is 1. The maximum Gasteiger partial charge on any atom is 0.253 e. The summed E-state index contributed by atoms with van der Waals surface area (Å²) in [5, 5.41) is 3.25. The van der Waals surface area contributed by atoms with E-state index in [1.54, 1.807) is 11.3 Å². The molecule has 6 heteroatoms. The van der Waals surface area contributed by atoms with Crippen LogP contribution in [-0.2, 0) is 6.54 Å². The van der Waals surface area contributed by atoms with Gasteiger partial charge in [0.1, 0.15) is 5.01 Å². The summed E-state index contributed by atoms with van der Waals surface area (Å²) in [7, 11) is 0. The second-order valence-corrected chi connectivity index (χ2v) is 7.84. The van der Waals surface area contributed by atoms with Gasteiger partial charge in [0.25, 0.3) is 5.91 Å². The highest BCUT2D eigenvalue weighted by Crippen LogP contribution is 2.20. The molecular formula is C22H24ClN3OS. The van der Waals surface area contributed by atoms with E-state index in [-0.39, 0.29) is 18.3 Å². The van der Waals surface area contributed by atoms with Gasteiger partial charge in [-0.05, 0) is 30.2 Å². The Morgan fingerprint density at radius 2 is 1.61 bits per heavy atom. The zero-order chi connectivity index (χ0) is 18.6. The third kappa shape index (κ3) is 4.79. The zero-order valence-electron chi connectivity index (χ0n) is 15.9. The highest BCUT2D eigenvalue weighted by Gasteiger charge is 2.22. The van der Waals surface area contributed by atoms with E-state index in [9.17, 15) is 4.79 Å². The second kappa shape index (κ2) is 9.32. The van der Waals surface area contributed by atoms with Crippen molar-refractivity contribution in [3.8, 4) is 11.1 Å². The maximum atomic E-state index is 12.8. The summed E-state index contributed by atoms with van der Waals surface area (Å²) >= 11 is 1.71. The van der Waals surface area contributed by atoms with Gasteiger partial charge < -0.3 is 4.90 Å². The van der Waals surface area contributed by atoms with Crippen LogP contribution in [-0.4, -0.2) is 46.9 Å². The Bertz CT molecular complexity index is 903. The molecule has 1 aliphatic rings. The van der Waals surface area contributed by atoms with Crippen LogP contribution in [0.3, 0.4) is 0 Å². The lowest BCUT2D eigenvalue weighted by Gasteiger charge is -2.34. The first-order valence-corrected chi connectivity index (χ1v) is 10.1. The number of carbonyl (C=O) groups is 1. The summed E-state index contributed by atoms with van der Waals surface area (Å²) in [5.41, 5.74) is 4.15. The minimum atomic E-state index is 0. The number of piperazine rings is 1. The molecule has 1 aliphatic heterocycles. The highest BCUT2D eigenvalue weighted by atomic mass is 35.5. The van der Waals surface area contributed by atoms with Crippen LogP contribution in [0.2, 0.25) is 0 Å². The molecule has 0 spiro atoms. The van der Waals surface area contributed by atoms with Gasteiger partial charge in [0.15, 0.2) is 0 Å². The van der Waals surface area contributed by atoms with Crippen molar-refractivity contribution < 1.29 is 4.79 Å². The largest absolute Gasteiger partial charge is 0.336 e. The summed E-state index contributed by atoms with van der Waals surface area (Å²) < 4.78 is 0. The highest BCUT2D eigenvalue weighted by molar-refractivity contribution is 7.09. The van der Waals surface area contributed by atoms with E-state index in [4.69, 9.17) is 0 Å². The Hall–Kier alpha value is -2.21. The Labute approximate surface area is 176 Å². The topological polar surface area (TPSA) is 36.4 Å². The number of nitrogens with zero attached hydrogens (tertiary/aromatic N) is 3. The van der Waals surface area contributed by atoms with E-state index in [0.29, 0.717) is 0 Å². The molecule has 4 nitrogen and oxygen atoms in total. The molecular weight excluding hydrogens is 390 g/mol. The van der Waals surface area contributed by atoms with E-state index in [1.165, 1.54) is 5.56 Å². The Balaban J connectivity index is 0.00000225. The van der Waals surface area contributed by atoms with Gasteiger partial charge in [0, 0.05) is 42.8 Å². The van der Waals surface area contributed by atoms with Gasteiger partial charge in [-0.1, -0.05) is 42.5 Å². The van der Waals surface area contributed by atoms with E-state index < -0.39 is 0 Å².